The van der Waals surface area contributed by atoms with Gasteiger partial charge in [0.1, 0.15) is 0 Å². The maximum absolute atomic E-state index is 12.6. The second-order valence-electron chi connectivity index (χ2n) is 7.92. The molecule has 5 rings (SSSR count). The number of imidazole rings is 1. The van der Waals surface area contributed by atoms with E-state index in [0.29, 0.717) is 17.6 Å². The Hall–Kier alpha value is 0.328. The largest absolute Gasteiger partial charge is 0.182 e. The zero-order valence-corrected chi connectivity index (χ0v) is 22.6. The maximum Gasteiger partial charge on any atom is 0.0408 e. The number of halogens is 5. The van der Waals surface area contributed by atoms with Crippen molar-refractivity contribution in [3.63, 3.8) is 0 Å². The van der Waals surface area contributed by atoms with Crippen molar-refractivity contribution in [3.8, 4) is 0 Å². The third-order valence-corrected chi connectivity index (χ3v) is 9.48. The van der Waals surface area contributed by atoms with Crippen LogP contribution in [0.2, 0.25) is 0 Å². The summed E-state index contributed by atoms with van der Waals surface area (Å²) in [5.74, 6) is 1.09. The molecule has 2 aromatic rings. The average molecular weight is 812 g/mol. The molecule has 29 heavy (non-hydrogen) atoms. The van der Waals surface area contributed by atoms with Gasteiger partial charge in [0.15, 0.2) is 0 Å². The molecule has 3 aliphatic carbocycles. The minimum absolute atomic E-state index is 0.434. The van der Waals surface area contributed by atoms with E-state index in [1.54, 1.807) is 6.07 Å². The third-order valence-electron chi connectivity index (χ3n) is 5.98. The fraction of sp³-hybridized carbons (Fsp3) is 0.550. The van der Waals surface area contributed by atoms with Gasteiger partial charge >= 0.3 is 113 Å². The summed E-state index contributed by atoms with van der Waals surface area (Å²) < 4.78 is 44.9. The second-order valence-corrected chi connectivity index (χ2v) is 12.7. The van der Waals surface area contributed by atoms with E-state index >= 15 is 0 Å². The molecule has 0 radical (unpaired) electrons. The van der Waals surface area contributed by atoms with Crippen molar-refractivity contribution in [1.29, 1.82) is 0 Å². The Labute approximate surface area is 208 Å². The molecule has 9 heteroatoms. The van der Waals surface area contributed by atoms with Crippen molar-refractivity contribution in [1.82, 2.24) is 10.5 Å². The van der Waals surface area contributed by atoms with Crippen molar-refractivity contribution in [2.24, 2.45) is 13.0 Å². The van der Waals surface area contributed by atoms with Crippen molar-refractivity contribution >= 4 is 45.7 Å². The normalized spacial score (nSPS) is 23.8. The third kappa shape index (κ3) is 5.97. The van der Waals surface area contributed by atoms with Crippen LogP contribution in [-0.2, 0) is 39.1 Å². The number of aromatic nitrogens is 2. The van der Waals surface area contributed by atoms with Crippen LogP contribution in [0.3, 0.4) is 0 Å². The number of nitrogens with zero attached hydrogens (tertiary/aromatic N) is 3. The Balaban J connectivity index is 0.000000186. The zero-order chi connectivity index (χ0) is 21.2. The van der Waals surface area contributed by atoms with Crippen LogP contribution in [0.15, 0.2) is 36.7 Å². The quantitative estimate of drug-likeness (QED) is 0.249. The van der Waals surface area contributed by atoms with Gasteiger partial charge in [-0.1, -0.05) is 0 Å². The van der Waals surface area contributed by atoms with Gasteiger partial charge in [-0.05, 0) is 44.4 Å². The Morgan fingerprint density at radius 1 is 1.14 bits per heavy atom. The number of rotatable bonds is 3. The zero-order valence-electron chi connectivity index (χ0n) is 16.0. The van der Waals surface area contributed by atoms with Crippen molar-refractivity contribution in [2.75, 3.05) is 0 Å². The van der Waals surface area contributed by atoms with Crippen LogP contribution in [0.4, 0.5) is 13.2 Å². The molecule has 0 saturated heterocycles. The first-order valence-corrected chi connectivity index (χ1v) is 12.6. The van der Waals surface area contributed by atoms with Crippen LogP contribution in [-0.4, -0.2) is 16.0 Å². The monoisotopic (exact) mass is 812 g/mol. The molecule has 0 amide bonds. The topological polar surface area (TPSA) is 13.1 Å². The van der Waals surface area contributed by atoms with E-state index < -0.39 is 11.7 Å². The molecule has 3 saturated carbocycles. The number of aryl methyl sites for hydroxylation is 1. The van der Waals surface area contributed by atoms with Crippen molar-refractivity contribution < 1.29 is 32.5 Å². The smallest absolute Gasteiger partial charge is 0.0408 e. The van der Waals surface area contributed by atoms with Crippen LogP contribution in [0.5, 0.6) is 0 Å². The van der Waals surface area contributed by atoms with Gasteiger partial charge in [0, 0.05) is 51.3 Å². The predicted octanol–water partition coefficient (Wildman–Crippen LogP) is 6.68. The van der Waals surface area contributed by atoms with Gasteiger partial charge in [0.2, 0.25) is 0 Å². The number of benzene rings is 1. The van der Waals surface area contributed by atoms with Crippen LogP contribution < -0.4 is 0 Å². The van der Waals surface area contributed by atoms with E-state index in [0.717, 1.165) is 15.8 Å². The molecule has 0 N–H and O–H groups in total. The van der Waals surface area contributed by atoms with Gasteiger partial charge in [-0.25, -0.2) is 0 Å². The van der Waals surface area contributed by atoms with E-state index in [1.165, 1.54) is 50.7 Å². The average Bonchev–Trinajstić information content (AvgIpc) is 3.01. The molecule has 0 spiro atoms. The molecule has 164 valence electrons. The summed E-state index contributed by atoms with van der Waals surface area (Å²) in [7, 11) is 1.89. The SMILES string of the molecule is Cn1ccn(Cc2cccc(C(F)(F)F)c2)[c]1=[Pt].IN(I)C12CCC(CC1)CC2. The molecule has 1 aromatic heterocycles. The van der Waals surface area contributed by atoms with E-state index in [2.05, 4.69) is 66.4 Å². The molecule has 0 aliphatic heterocycles. The van der Waals surface area contributed by atoms with Crippen LogP contribution >= 0.6 is 45.7 Å². The Bertz CT molecular complexity index is 870. The van der Waals surface area contributed by atoms with Gasteiger partial charge in [-0.3, -0.25) is 0 Å². The predicted molar refractivity (Wildman–Crippen MR) is 121 cm³/mol. The van der Waals surface area contributed by atoms with Crippen LogP contribution in [0, 0.1) is 9.72 Å². The van der Waals surface area contributed by atoms with Gasteiger partial charge in [0.25, 0.3) is 0 Å². The van der Waals surface area contributed by atoms with Gasteiger partial charge in [-0.15, -0.1) is 0 Å². The summed E-state index contributed by atoms with van der Waals surface area (Å²) in [4.78, 5) is 0. The van der Waals surface area contributed by atoms with E-state index in [4.69, 9.17) is 0 Å². The minimum Gasteiger partial charge on any atom is -0.182 e. The van der Waals surface area contributed by atoms with Crippen molar-refractivity contribution in [2.45, 2.75) is 56.8 Å². The first-order valence-electron chi connectivity index (χ1n) is 9.56. The minimum atomic E-state index is -4.29. The fourth-order valence-electron chi connectivity index (χ4n) is 4.13. The van der Waals surface area contributed by atoms with Crippen LogP contribution in [0.1, 0.15) is 49.7 Å². The second kappa shape index (κ2) is 9.86. The summed E-state index contributed by atoms with van der Waals surface area (Å²) in [5.41, 5.74) is 0.627. The molecule has 1 aromatic carbocycles. The Kier molecular flexibility index (Phi) is 8.15. The van der Waals surface area contributed by atoms with Gasteiger partial charge in [-0.2, -0.15) is 1.33 Å². The molecule has 2 bridgehead atoms. The summed E-state index contributed by atoms with van der Waals surface area (Å²) in [6, 6.07) is 5.42. The van der Waals surface area contributed by atoms with Gasteiger partial charge in [0.05, 0.1) is 0 Å². The summed E-state index contributed by atoms with van der Waals surface area (Å²) in [6.07, 6.45) is 8.24. The van der Waals surface area contributed by atoms with E-state index in [-0.39, 0.29) is 0 Å². The van der Waals surface area contributed by atoms with Crippen LogP contribution in [0.25, 0.3) is 0 Å². The van der Waals surface area contributed by atoms with E-state index in [1.807, 2.05) is 28.6 Å². The number of hydrogen-bond donors (Lipinski definition) is 0. The summed E-state index contributed by atoms with van der Waals surface area (Å²) in [5, 5.41) is 0. The number of alkyl halides is 3. The summed E-state index contributed by atoms with van der Waals surface area (Å²) >= 11 is 7.06. The molecular formula is C20H24F3I2N3Pt. The standard InChI is InChI=1S/C12H11F3N2.C8H13I2N.Pt/c1-16-5-6-17(9-16)8-10-3-2-4-11(7-10)12(13,14)15;9-11(10)8-4-1-7(2-5-8)3-6-8;/h2-7H,8H2,1H3;7H,1-6H2;. The van der Waals surface area contributed by atoms with Gasteiger partial charge < -0.3 is 0 Å². The van der Waals surface area contributed by atoms with E-state index in [9.17, 15) is 13.2 Å². The molecule has 0 atom stereocenters. The fourth-order valence-corrected chi connectivity index (χ4v) is 6.10. The molecular weight excluding hydrogens is 788 g/mol. The molecule has 3 nitrogen and oxygen atoms in total. The Morgan fingerprint density at radius 2 is 1.76 bits per heavy atom. The molecule has 1 heterocycles. The first kappa shape index (κ1) is 24.0. The number of fused-ring (bicyclic) bond motifs is 3. The molecule has 3 fully saturated rings. The first-order chi connectivity index (χ1) is 13.6. The molecule has 3 aliphatic rings. The molecule has 0 unspecified atom stereocenters. The Morgan fingerprint density at radius 3 is 2.21 bits per heavy atom. The summed E-state index contributed by atoms with van der Waals surface area (Å²) in [6.45, 7) is 0.434. The number of hydrogen-bond acceptors (Lipinski definition) is 1. The van der Waals surface area contributed by atoms with Crippen molar-refractivity contribution in [3.05, 3.63) is 51.6 Å². The maximum atomic E-state index is 12.6.